The summed E-state index contributed by atoms with van der Waals surface area (Å²) in [5.74, 6) is 0.0495. The van der Waals surface area contributed by atoms with Gasteiger partial charge in [-0.2, -0.15) is 0 Å². The Bertz CT molecular complexity index is 453. The second kappa shape index (κ2) is 5.41. The van der Waals surface area contributed by atoms with Crippen LogP contribution in [0.15, 0.2) is 22.7 Å². The van der Waals surface area contributed by atoms with Crippen molar-refractivity contribution in [2.75, 3.05) is 11.9 Å². The molecule has 1 aliphatic heterocycles. The third-order valence-electron chi connectivity index (χ3n) is 3.49. The van der Waals surface area contributed by atoms with Crippen molar-refractivity contribution in [2.24, 2.45) is 0 Å². The monoisotopic (exact) mass is 310 g/mol. The molecule has 0 aromatic heterocycles. The molecule has 0 spiro atoms. The van der Waals surface area contributed by atoms with E-state index in [4.69, 9.17) is 0 Å². The van der Waals surface area contributed by atoms with Gasteiger partial charge in [-0.3, -0.25) is 4.79 Å². The highest BCUT2D eigenvalue weighted by Gasteiger charge is 2.34. The van der Waals surface area contributed by atoms with E-state index in [1.54, 1.807) is 0 Å². The van der Waals surface area contributed by atoms with E-state index in [0.29, 0.717) is 0 Å². The smallest absolute Gasteiger partial charge is 0.244 e. The minimum atomic E-state index is -0.443. The van der Waals surface area contributed by atoms with Gasteiger partial charge in [-0.1, -0.05) is 6.07 Å². The quantitative estimate of drug-likeness (QED) is 0.880. The van der Waals surface area contributed by atoms with E-state index in [9.17, 15) is 4.79 Å². The summed E-state index contributed by atoms with van der Waals surface area (Å²) >= 11 is 3.47. The van der Waals surface area contributed by atoms with Crippen molar-refractivity contribution in [2.45, 2.75) is 38.6 Å². The Labute approximate surface area is 116 Å². The first-order chi connectivity index (χ1) is 8.51. The number of piperidine rings is 1. The van der Waals surface area contributed by atoms with Gasteiger partial charge in [0.05, 0.1) is 11.2 Å². The molecule has 4 heteroatoms. The van der Waals surface area contributed by atoms with Crippen LogP contribution in [0.25, 0.3) is 0 Å². The van der Waals surface area contributed by atoms with Crippen LogP contribution in [0.3, 0.4) is 0 Å². The molecule has 2 N–H and O–H groups in total. The summed E-state index contributed by atoms with van der Waals surface area (Å²) in [4.78, 5) is 12.4. The molecule has 1 aromatic carbocycles. The molecular formula is C14H19BrN2O. The highest BCUT2D eigenvalue weighted by atomic mass is 79.9. The van der Waals surface area contributed by atoms with E-state index in [2.05, 4.69) is 26.6 Å². The van der Waals surface area contributed by atoms with Gasteiger partial charge in [-0.25, -0.2) is 0 Å². The number of amides is 1. The molecule has 1 unspecified atom stereocenters. The number of halogens is 1. The number of nitrogens with one attached hydrogen (secondary N) is 2. The summed E-state index contributed by atoms with van der Waals surface area (Å²) in [5, 5.41) is 6.34. The predicted molar refractivity (Wildman–Crippen MR) is 77.8 cm³/mol. The van der Waals surface area contributed by atoms with Crippen LogP contribution < -0.4 is 10.6 Å². The van der Waals surface area contributed by atoms with E-state index in [1.165, 1.54) is 0 Å². The van der Waals surface area contributed by atoms with Gasteiger partial charge in [0.1, 0.15) is 0 Å². The van der Waals surface area contributed by atoms with E-state index in [0.717, 1.165) is 41.5 Å². The zero-order valence-electron chi connectivity index (χ0n) is 10.8. The van der Waals surface area contributed by atoms with Crippen LogP contribution in [0.4, 0.5) is 5.69 Å². The third kappa shape index (κ3) is 2.93. The van der Waals surface area contributed by atoms with Crippen LogP contribution in [0.1, 0.15) is 31.7 Å². The lowest BCUT2D eigenvalue weighted by Crippen LogP contribution is -2.54. The lowest BCUT2D eigenvalue weighted by molar-refractivity contribution is -0.122. The predicted octanol–water partition coefficient (Wildman–Crippen LogP) is 3.23. The molecule has 18 heavy (non-hydrogen) atoms. The summed E-state index contributed by atoms with van der Waals surface area (Å²) in [6.07, 6.45) is 3.14. The molecule has 98 valence electrons. The SMILES string of the molecule is Cc1ccc(Br)c(NC(=O)C2(C)CCCCN2)c1. The summed E-state index contributed by atoms with van der Waals surface area (Å²) in [5.41, 5.74) is 1.53. The fraction of sp³-hybridized carbons (Fsp3) is 0.500. The molecule has 0 radical (unpaired) electrons. The number of anilines is 1. The van der Waals surface area contributed by atoms with Crippen LogP contribution in [0, 0.1) is 6.92 Å². The molecule has 0 saturated carbocycles. The molecule has 1 atom stereocenters. The van der Waals surface area contributed by atoms with Gasteiger partial charge in [0.15, 0.2) is 0 Å². The Kier molecular flexibility index (Phi) is 4.07. The number of benzene rings is 1. The normalized spacial score (nSPS) is 23.7. The standard InChI is InChI=1S/C14H19BrN2O/c1-10-5-6-11(15)12(9-10)17-13(18)14(2)7-3-4-8-16-14/h5-6,9,16H,3-4,7-8H2,1-2H3,(H,17,18). The molecule has 0 bridgehead atoms. The first-order valence-corrected chi connectivity index (χ1v) is 7.13. The van der Waals surface area contributed by atoms with Gasteiger partial charge in [0.2, 0.25) is 5.91 Å². The minimum Gasteiger partial charge on any atom is -0.323 e. The number of carbonyl (C=O) groups excluding carboxylic acids is 1. The molecule has 1 aromatic rings. The first kappa shape index (κ1) is 13.6. The van der Waals surface area contributed by atoms with E-state index < -0.39 is 5.54 Å². The van der Waals surface area contributed by atoms with Gasteiger partial charge in [0, 0.05) is 4.47 Å². The van der Waals surface area contributed by atoms with Crippen LogP contribution in [-0.2, 0) is 4.79 Å². The average molecular weight is 311 g/mol. The van der Waals surface area contributed by atoms with Crippen LogP contribution in [-0.4, -0.2) is 18.0 Å². The Hall–Kier alpha value is -0.870. The topological polar surface area (TPSA) is 41.1 Å². The van der Waals surface area contributed by atoms with Gasteiger partial charge < -0.3 is 10.6 Å². The minimum absolute atomic E-state index is 0.0495. The number of carbonyl (C=O) groups is 1. The lowest BCUT2D eigenvalue weighted by atomic mass is 9.90. The molecule has 2 rings (SSSR count). The Morgan fingerprint density at radius 2 is 2.22 bits per heavy atom. The maximum absolute atomic E-state index is 12.4. The van der Waals surface area contributed by atoms with Crippen molar-refractivity contribution in [1.29, 1.82) is 0 Å². The third-order valence-corrected chi connectivity index (χ3v) is 4.18. The summed E-state index contributed by atoms with van der Waals surface area (Å²) in [7, 11) is 0. The lowest BCUT2D eigenvalue weighted by Gasteiger charge is -2.33. The van der Waals surface area contributed by atoms with Crippen molar-refractivity contribution >= 4 is 27.5 Å². The zero-order valence-corrected chi connectivity index (χ0v) is 12.4. The second-order valence-corrected chi connectivity index (χ2v) is 6.01. The maximum atomic E-state index is 12.4. The van der Waals surface area contributed by atoms with Crippen molar-refractivity contribution in [3.05, 3.63) is 28.2 Å². The Balaban J connectivity index is 2.13. The van der Waals surface area contributed by atoms with Crippen molar-refractivity contribution < 1.29 is 4.79 Å². The Morgan fingerprint density at radius 1 is 1.44 bits per heavy atom. The zero-order chi connectivity index (χ0) is 13.2. The Morgan fingerprint density at radius 3 is 2.89 bits per heavy atom. The van der Waals surface area contributed by atoms with Crippen molar-refractivity contribution in [1.82, 2.24) is 5.32 Å². The summed E-state index contributed by atoms with van der Waals surface area (Å²) < 4.78 is 0.917. The number of hydrogen-bond donors (Lipinski definition) is 2. The van der Waals surface area contributed by atoms with Gasteiger partial charge >= 0.3 is 0 Å². The highest BCUT2D eigenvalue weighted by Crippen LogP contribution is 2.26. The fourth-order valence-electron chi connectivity index (χ4n) is 2.25. The van der Waals surface area contributed by atoms with E-state index in [1.807, 2.05) is 32.0 Å². The van der Waals surface area contributed by atoms with Crippen molar-refractivity contribution in [3.8, 4) is 0 Å². The number of aryl methyl sites for hydroxylation is 1. The number of rotatable bonds is 2. The molecule has 1 aliphatic rings. The largest absolute Gasteiger partial charge is 0.323 e. The molecule has 1 heterocycles. The van der Waals surface area contributed by atoms with Crippen LogP contribution in [0.2, 0.25) is 0 Å². The summed E-state index contributed by atoms with van der Waals surface area (Å²) in [6, 6.07) is 5.95. The molecular weight excluding hydrogens is 292 g/mol. The van der Waals surface area contributed by atoms with E-state index >= 15 is 0 Å². The number of hydrogen-bond acceptors (Lipinski definition) is 2. The average Bonchev–Trinajstić information content (AvgIpc) is 2.35. The van der Waals surface area contributed by atoms with E-state index in [-0.39, 0.29) is 5.91 Å². The molecule has 1 amide bonds. The van der Waals surface area contributed by atoms with Crippen LogP contribution in [0.5, 0.6) is 0 Å². The molecule has 3 nitrogen and oxygen atoms in total. The maximum Gasteiger partial charge on any atom is 0.244 e. The summed E-state index contributed by atoms with van der Waals surface area (Å²) in [6.45, 7) is 4.91. The van der Waals surface area contributed by atoms with Crippen LogP contribution >= 0.6 is 15.9 Å². The second-order valence-electron chi connectivity index (χ2n) is 5.15. The fourth-order valence-corrected chi connectivity index (χ4v) is 2.59. The molecule has 0 aliphatic carbocycles. The first-order valence-electron chi connectivity index (χ1n) is 6.34. The van der Waals surface area contributed by atoms with Gasteiger partial charge in [-0.15, -0.1) is 0 Å². The molecule has 1 fully saturated rings. The van der Waals surface area contributed by atoms with Gasteiger partial charge in [0.25, 0.3) is 0 Å². The van der Waals surface area contributed by atoms with Crippen molar-refractivity contribution in [3.63, 3.8) is 0 Å². The highest BCUT2D eigenvalue weighted by molar-refractivity contribution is 9.10. The molecule has 1 saturated heterocycles. The van der Waals surface area contributed by atoms with Gasteiger partial charge in [-0.05, 0) is 73.3 Å².